The molecule has 0 bridgehead atoms. The lowest BCUT2D eigenvalue weighted by molar-refractivity contribution is -0.134. The summed E-state index contributed by atoms with van der Waals surface area (Å²) in [6.45, 7) is 5.70. The SMILES string of the molecule is CCCCc1ccc(C(=O)N(CCC)CC(=O)N2CCn3cccc3C2c2ccccc2F)cc1. The van der Waals surface area contributed by atoms with Crippen LogP contribution in [0.3, 0.4) is 0 Å². The standard InChI is InChI=1S/C29H34FN3O2/c1-3-5-9-22-13-15-23(16-14-22)29(35)32(17-4-2)21-27(34)33-20-19-31-18-8-12-26(31)28(33)24-10-6-7-11-25(24)30/h6-8,10-16,18,28H,3-5,9,17,19-21H2,1-2H3. The van der Waals surface area contributed by atoms with E-state index < -0.39 is 6.04 Å². The Morgan fingerprint density at radius 3 is 2.46 bits per heavy atom. The zero-order valence-electron chi connectivity index (χ0n) is 20.6. The smallest absolute Gasteiger partial charge is 0.254 e. The van der Waals surface area contributed by atoms with Gasteiger partial charge in [-0.3, -0.25) is 9.59 Å². The molecule has 1 aliphatic heterocycles. The third-order valence-corrected chi connectivity index (χ3v) is 6.69. The van der Waals surface area contributed by atoms with Gasteiger partial charge in [-0.1, -0.05) is 50.6 Å². The number of rotatable bonds is 9. The van der Waals surface area contributed by atoms with E-state index in [0.29, 0.717) is 30.8 Å². The molecule has 2 heterocycles. The van der Waals surface area contributed by atoms with Crippen molar-refractivity contribution in [3.8, 4) is 0 Å². The molecule has 1 aromatic heterocycles. The van der Waals surface area contributed by atoms with Crippen molar-refractivity contribution in [1.29, 1.82) is 0 Å². The van der Waals surface area contributed by atoms with E-state index in [1.165, 1.54) is 11.6 Å². The number of aromatic nitrogens is 1. The molecule has 2 amide bonds. The largest absolute Gasteiger partial charge is 0.348 e. The minimum Gasteiger partial charge on any atom is -0.348 e. The van der Waals surface area contributed by atoms with Gasteiger partial charge in [-0.2, -0.15) is 0 Å². The highest BCUT2D eigenvalue weighted by molar-refractivity contribution is 5.96. The van der Waals surface area contributed by atoms with E-state index in [1.807, 2.05) is 49.5 Å². The summed E-state index contributed by atoms with van der Waals surface area (Å²) in [7, 11) is 0. The molecule has 3 aromatic rings. The lowest BCUT2D eigenvalue weighted by Gasteiger charge is -2.38. The molecular weight excluding hydrogens is 441 g/mol. The zero-order chi connectivity index (χ0) is 24.8. The quantitative estimate of drug-likeness (QED) is 0.413. The van der Waals surface area contributed by atoms with Crippen LogP contribution in [-0.2, 0) is 17.8 Å². The van der Waals surface area contributed by atoms with Gasteiger partial charge in [0.05, 0.1) is 0 Å². The highest BCUT2D eigenvalue weighted by Gasteiger charge is 2.34. The lowest BCUT2D eigenvalue weighted by Crippen LogP contribution is -2.48. The van der Waals surface area contributed by atoms with Crippen LogP contribution in [0.4, 0.5) is 4.39 Å². The second-order valence-electron chi connectivity index (χ2n) is 9.16. The van der Waals surface area contributed by atoms with Gasteiger partial charge < -0.3 is 14.4 Å². The van der Waals surface area contributed by atoms with Crippen LogP contribution in [-0.4, -0.2) is 45.8 Å². The second-order valence-corrected chi connectivity index (χ2v) is 9.16. The van der Waals surface area contributed by atoms with Gasteiger partial charge in [0.2, 0.25) is 5.91 Å². The molecule has 0 aliphatic carbocycles. The van der Waals surface area contributed by atoms with E-state index in [1.54, 1.807) is 28.0 Å². The fourth-order valence-corrected chi connectivity index (χ4v) is 4.83. The highest BCUT2D eigenvalue weighted by atomic mass is 19.1. The highest BCUT2D eigenvalue weighted by Crippen LogP contribution is 2.34. The fraction of sp³-hybridized carbons (Fsp3) is 0.379. The van der Waals surface area contributed by atoms with Crippen molar-refractivity contribution in [3.63, 3.8) is 0 Å². The Morgan fingerprint density at radius 1 is 0.971 bits per heavy atom. The maximum atomic E-state index is 14.8. The molecule has 4 rings (SSSR count). The summed E-state index contributed by atoms with van der Waals surface area (Å²) >= 11 is 0. The van der Waals surface area contributed by atoms with Crippen molar-refractivity contribution in [1.82, 2.24) is 14.4 Å². The van der Waals surface area contributed by atoms with Crippen molar-refractivity contribution in [2.24, 2.45) is 0 Å². The van der Waals surface area contributed by atoms with Gasteiger partial charge in [0.15, 0.2) is 0 Å². The first kappa shape index (κ1) is 24.7. The maximum absolute atomic E-state index is 14.8. The van der Waals surface area contributed by atoms with Gasteiger partial charge in [0, 0.05) is 42.7 Å². The molecule has 0 fully saturated rings. The molecule has 0 radical (unpaired) electrons. The Labute approximate surface area is 207 Å². The Kier molecular flexibility index (Phi) is 8.01. The number of aryl methyl sites for hydroxylation is 1. The molecule has 0 N–H and O–H groups in total. The van der Waals surface area contributed by atoms with E-state index in [9.17, 15) is 14.0 Å². The summed E-state index contributed by atoms with van der Waals surface area (Å²) < 4.78 is 16.9. The lowest BCUT2D eigenvalue weighted by atomic mass is 9.99. The van der Waals surface area contributed by atoms with Crippen molar-refractivity contribution < 1.29 is 14.0 Å². The first-order valence-corrected chi connectivity index (χ1v) is 12.6. The first-order chi connectivity index (χ1) is 17.0. The van der Waals surface area contributed by atoms with Crippen molar-refractivity contribution in [3.05, 3.63) is 95.1 Å². The third kappa shape index (κ3) is 5.47. The zero-order valence-corrected chi connectivity index (χ0v) is 20.6. The minimum absolute atomic E-state index is 0.0318. The van der Waals surface area contributed by atoms with Crippen LogP contribution in [0.1, 0.15) is 66.3 Å². The number of halogens is 1. The van der Waals surface area contributed by atoms with Crippen LogP contribution >= 0.6 is 0 Å². The normalized spacial score (nSPS) is 15.1. The van der Waals surface area contributed by atoms with Crippen molar-refractivity contribution in [2.45, 2.75) is 52.1 Å². The number of carbonyl (C=O) groups is 2. The Hall–Kier alpha value is -3.41. The summed E-state index contributed by atoms with van der Waals surface area (Å²) in [6, 6.07) is 17.7. The average molecular weight is 476 g/mol. The topological polar surface area (TPSA) is 45.6 Å². The van der Waals surface area contributed by atoms with Crippen molar-refractivity contribution in [2.75, 3.05) is 19.6 Å². The first-order valence-electron chi connectivity index (χ1n) is 12.6. The van der Waals surface area contributed by atoms with Gasteiger partial charge >= 0.3 is 0 Å². The minimum atomic E-state index is -0.524. The molecule has 0 spiro atoms. The molecule has 184 valence electrons. The molecule has 1 aliphatic rings. The number of unbranched alkanes of at least 4 members (excludes halogenated alkanes) is 1. The number of nitrogens with zero attached hydrogens (tertiary/aromatic N) is 3. The Bertz CT molecular complexity index is 1150. The van der Waals surface area contributed by atoms with Crippen LogP contribution < -0.4 is 0 Å². The van der Waals surface area contributed by atoms with Crippen molar-refractivity contribution >= 4 is 11.8 Å². The van der Waals surface area contributed by atoms with Gasteiger partial charge in [0.25, 0.3) is 5.91 Å². The monoisotopic (exact) mass is 475 g/mol. The van der Waals surface area contributed by atoms with Gasteiger partial charge in [-0.25, -0.2) is 4.39 Å². The molecule has 0 saturated heterocycles. The average Bonchev–Trinajstić information content (AvgIpc) is 3.36. The summed E-state index contributed by atoms with van der Waals surface area (Å²) in [5, 5.41) is 0. The third-order valence-electron chi connectivity index (χ3n) is 6.69. The molecule has 1 atom stereocenters. The van der Waals surface area contributed by atoms with Gasteiger partial charge in [-0.15, -0.1) is 0 Å². The predicted octanol–water partition coefficient (Wildman–Crippen LogP) is 5.45. The van der Waals surface area contributed by atoms with E-state index >= 15 is 0 Å². The molecule has 0 saturated carbocycles. The summed E-state index contributed by atoms with van der Waals surface area (Å²) in [5.41, 5.74) is 3.15. The molecule has 35 heavy (non-hydrogen) atoms. The summed E-state index contributed by atoms with van der Waals surface area (Å²) in [5.74, 6) is -0.660. The maximum Gasteiger partial charge on any atom is 0.254 e. The van der Waals surface area contributed by atoms with E-state index in [2.05, 4.69) is 11.5 Å². The van der Waals surface area contributed by atoms with E-state index in [4.69, 9.17) is 0 Å². The molecule has 1 unspecified atom stereocenters. The number of hydrogen-bond donors (Lipinski definition) is 0. The number of benzene rings is 2. The molecule has 6 heteroatoms. The van der Waals surface area contributed by atoms with Crippen LogP contribution in [0, 0.1) is 5.82 Å². The van der Waals surface area contributed by atoms with Crippen LogP contribution in [0.5, 0.6) is 0 Å². The van der Waals surface area contributed by atoms with E-state index in [0.717, 1.165) is 31.4 Å². The molecule has 5 nitrogen and oxygen atoms in total. The Balaban J connectivity index is 1.56. The molecule has 2 aromatic carbocycles. The van der Waals surface area contributed by atoms with Crippen LogP contribution in [0.15, 0.2) is 66.9 Å². The van der Waals surface area contributed by atoms with Gasteiger partial charge in [0.1, 0.15) is 18.4 Å². The second kappa shape index (κ2) is 11.3. The predicted molar refractivity (Wildman–Crippen MR) is 136 cm³/mol. The fourth-order valence-electron chi connectivity index (χ4n) is 4.83. The molecular formula is C29H34FN3O2. The number of carbonyl (C=O) groups excluding carboxylic acids is 2. The summed E-state index contributed by atoms with van der Waals surface area (Å²) in [4.78, 5) is 30.3. The van der Waals surface area contributed by atoms with Crippen LogP contribution in [0.2, 0.25) is 0 Å². The number of hydrogen-bond acceptors (Lipinski definition) is 2. The number of fused-ring (bicyclic) bond motifs is 1. The summed E-state index contributed by atoms with van der Waals surface area (Å²) in [6.07, 6.45) is 5.94. The Morgan fingerprint density at radius 2 is 1.74 bits per heavy atom. The number of amides is 2. The van der Waals surface area contributed by atoms with Crippen LogP contribution in [0.25, 0.3) is 0 Å². The van der Waals surface area contributed by atoms with Gasteiger partial charge in [-0.05, 0) is 55.2 Å². The van der Waals surface area contributed by atoms with E-state index in [-0.39, 0.29) is 24.2 Å².